The van der Waals surface area contributed by atoms with E-state index in [-0.39, 0.29) is 24.3 Å². The number of nitrogens with one attached hydrogen (secondary N) is 1. The van der Waals surface area contributed by atoms with Crippen LogP contribution in [-0.2, 0) is 9.53 Å². The maximum absolute atomic E-state index is 13.0. The molecule has 0 atom stereocenters. The van der Waals surface area contributed by atoms with Crippen molar-refractivity contribution >= 4 is 23.4 Å². The Bertz CT molecular complexity index is 362. The third kappa shape index (κ3) is 3.67. The molecular weight excluding hydrogens is 225 g/mol. The summed E-state index contributed by atoms with van der Waals surface area (Å²) in [6.45, 7) is 1.78. The lowest BCUT2D eigenvalue weighted by Crippen LogP contribution is -2.18. The standard InChI is InChI=1S/C8H9ClFN3O2/c1-2-15-6(14)4-11-7-5(10)3-12-8(9)13-7/h3H,2,4H2,1H3,(H,11,12,13). The van der Waals surface area contributed by atoms with Crippen LogP contribution in [0.1, 0.15) is 6.92 Å². The zero-order chi connectivity index (χ0) is 11.3. The van der Waals surface area contributed by atoms with Gasteiger partial charge < -0.3 is 10.1 Å². The largest absolute Gasteiger partial charge is 0.465 e. The van der Waals surface area contributed by atoms with Crippen molar-refractivity contribution in [3.05, 3.63) is 17.3 Å². The van der Waals surface area contributed by atoms with Crippen molar-refractivity contribution in [1.29, 1.82) is 0 Å². The summed E-state index contributed by atoms with van der Waals surface area (Å²) in [4.78, 5) is 17.9. The van der Waals surface area contributed by atoms with Crippen LogP contribution in [0.4, 0.5) is 10.2 Å². The van der Waals surface area contributed by atoms with Gasteiger partial charge in [0, 0.05) is 0 Å². The summed E-state index contributed by atoms with van der Waals surface area (Å²) >= 11 is 5.45. The molecule has 0 aliphatic rings. The van der Waals surface area contributed by atoms with Crippen molar-refractivity contribution in [1.82, 2.24) is 9.97 Å². The molecular formula is C8H9ClFN3O2. The maximum atomic E-state index is 13.0. The summed E-state index contributed by atoms with van der Waals surface area (Å²) in [6.07, 6.45) is 0.919. The Labute approximate surface area is 90.6 Å². The van der Waals surface area contributed by atoms with Gasteiger partial charge in [0.05, 0.1) is 12.8 Å². The number of nitrogens with zero attached hydrogens (tertiary/aromatic N) is 2. The maximum Gasteiger partial charge on any atom is 0.325 e. The smallest absolute Gasteiger partial charge is 0.325 e. The molecule has 1 heterocycles. The van der Waals surface area contributed by atoms with Gasteiger partial charge >= 0.3 is 5.97 Å². The molecule has 82 valence electrons. The van der Waals surface area contributed by atoms with Crippen LogP contribution in [0, 0.1) is 5.82 Å². The second-order valence-electron chi connectivity index (χ2n) is 2.49. The first-order valence-corrected chi connectivity index (χ1v) is 4.58. The molecule has 0 saturated heterocycles. The van der Waals surface area contributed by atoms with E-state index in [1.165, 1.54) is 0 Å². The van der Waals surface area contributed by atoms with E-state index in [1.807, 2.05) is 0 Å². The molecule has 5 nitrogen and oxygen atoms in total. The van der Waals surface area contributed by atoms with Crippen molar-refractivity contribution in [3.8, 4) is 0 Å². The highest BCUT2D eigenvalue weighted by molar-refractivity contribution is 6.28. The van der Waals surface area contributed by atoms with Crippen molar-refractivity contribution < 1.29 is 13.9 Å². The lowest BCUT2D eigenvalue weighted by Gasteiger charge is -2.05. The molecule has 0 spiro atoms. The first-order valence-electron chi connectivity index (χ1n) is 4.21. The van der Waals surface area contributed by atoms with Crippen LogP contribution < -0.4 is 5.32 Å². The molecule has 0 unspecified atom stereocenters. The molecule has 0 amide bonds. The predicted octanol–water partition coefficient (Wildman–Crippen LogP) is 1.24. The summed E-state index contributed by atoms with van der Waals surface area (Å²) in [5.41, 5.74) is 0. The summed E-state index contributed by atoms with van der Waals surface area (Å²) in [7, 11) is 0. The quantitative estimate of drug-likeness (QED) is 0.626. The van der Waals surface area contributed by atoms with Crippen LogP contribution in [-0.4, -0.2) is 29.1 Å². The Morgan fingerprint density at radius 2 is 2.47 bits per heavy atom. The second-order valence-corrected chi connectivity index (χ2v) is 2.83. The van der Waals surface area contributed by atoms with Gasteiger partial charge in [-0.05, 0) is 18.5 Å². The van der Waals surface area contributed by atoms with Crippen molar-refractivity contribution in [2.45, 2.75) is 6.92 Å². The van der Waals surface area contributed by atoms with Gasteiger partial charge in [-0.25, -0.2) is 9.37 Å². The molecule has 0 fully saturated rings. The molecule has 0 radical (unpaired) electrons. The number of hydrogen-bond donors (Lipinski definition) is 1. The van der Waals surface area contributed by atoms with Gasteiger partial charge in [-0.2, -0.15) is 4.98 Å². The van der Waals surface area contributed by atoms with Crippen molar-refractivity contribution in [3.63, 3.8) is 0 Å². The Balaban J connectivity index is 2.57. The van der Waals surface area contributed by atoms with Crippen LogP contribution in [0.25, 0.3) is 0 Å². The highest BCUT2D eigenvalue weighted by Crippen LogP contribution is 2.11. The summed E-state index contributed by atoms with van der Waals surface area (Å²) in [5, 5.41) is 2.36. The van der Waals surface area contributed by atoms with Gasteiger partial charge in [-0.15, -0.1) is 0 Å². The fourth-order valence-corrected chi connectivity index (χ4v) is 0.971. The molecule has 0 bridgehead atoms. The first kappa shape index (κ1) is 11.6. The summed E-state index contributed by atoms with van der Waals surface area (Å²) in [5.74, 6) is -1.29. The van der Waals surface area contributed by atoms with Crippen LogP contribution in [0.5, 0.6) is 0 Å². The Kier molecular flexibility index (Phi) is 4.23. The zero-order valence-electron chi connectivity index (χ0n) is 7.96. The molecule has 1 rings (SSSR count). The van der Waals surface area contributed by atoms with E-state index < -0.39 is 11.8 Å². The second kappa shape index (κ2) is 5.45. The number of hydrogen-bond acceptors (Lipinski definition) is 5. The number of carbonyl (C=O) groups is 1. The molecule has 0 saturated carbocycles. The Hall–Kier alpha value is -1.43. The number of carbonyl (C=O) groups excluding carboxylic acids is 1. The number of ether oxygens (including phenoxy) is 1. The Morgan fingerprint density at radius 3 is 3.13 bits per heavy atom. The fraction of sp³-hybridized carbons (Fsp3) is 0.375. The summed E-state index contributed by atoms with van der Waals surface area (Å²) in [6, 6.07) is 0. The number of anilines is 1. The van der Waals surface area contributed by atoms with Gasteiger partial charge in [0.1, 0.15) is 6.54 Å². The van der Waals surface area contributed by atoms with Gasteiger partial charge in [0.25, 0.3) is 0 Å². The van der Waals surface area contributed by atoms with Gasteiger partial charge in [-0.3, -0.25) is 4.79 Å². The van der Waals surface area contributed by atoms with E-state index in [0.29, 0.717) is 0 Å². The minimum Gasteiger partial charge on any atom is -0.465 e. The van der Waals surface area contributed by atoms with Crippen LogP contribution >= 0.6 is 11.6 Å². The van der Waals surface area contributed by atoms with E-state index in [4.69, 9.17) is 11.6 Å². The first-order chi connectivity index (χ1) is 7.13. The number of rotatable bonds is 4. The lowest BCUT2D eigenvalue weighted by atomic mass is 10.5. The molecule has 0 aromatic carbocycles. The third-order valence-corrected chi connectivity index (χ3v) is 1.60. The lowest BCUT2D eigenvalue weighted by molar-refractivity contribution is -0.140. The van der Waals surface area contributed by atoms with E-state index in [9.17, 15) is 9.18 Å². The minimum atomic E-state index is -0.677. The molecule has 1 aromatic heterocycles. The highest BCUT2D eigenvalue weighted by atomic mass is 35.5. The predicted molar refractivity (Wildman–Crippen MR) is 52.1 cm³/mol. The van der Waals surface area contributed by atoms with Gasteiger partial charge in [0.2, 0.25) is 5.28 Å². The van der Waals surface area contributed by atoms with E-state index in [2.05, 4.69) is 20.0 Å². The average molecular weight is 234 g/mol. The van der Waals surface area contributed by atoms with Crippen LogP contribution in [0.2, 0.25) is 5.28 Å². The number of aromatic nitrogens is 2. The molecule has 1 N–H and O–H groups in total. The molecule has 0 aliphatic heterocycles. The molecule has 15 heavy (non-hydrogen) atoms. The normalized spacial score (nSPS) is 9.80. The van der Waals surface area contributed by atoms with Crippen molar-refractivity contribution in [2.24, 2.45) is 0 Å². The van der Waals surface area contributed by atoms with Crippen molar-refractivity contribution in [2.75, 3.05) is 18.5 Å². The van der Waals surface area contributed by atoms with E-state index >= 15 is 0 Å². The van der Waals surface area contributed by atoms with E-state index in [0.717, 1.165) is 6.20 Å². The minimum absolute atomic E-state index is 0.0947. The van der Waals surface area contributed by atoms with Crippen LogP contribution in [0.3, 0.4) is 0 Å². The Morgan fingerprint density at radius 1 is 1.73 bits per heavy atom. The zero-order valence-corrected chi connectivity index (χ0v) is 8.71. The monoisotopic (exact) mass is 233 g/mol. The third-order valence-electron chi connectivity index (χ3n) is 1.42. The highest BCUT2D eigenvalue weighted by Gasteiger charge is 2.07. The number of esters is 1. The summed E-state index contributed by atoms with van der Waals surface area (Å²) < 4.78 is 17.6. The molecule has 0 aliphatic carbocycles. The topological polar surface area (TPSA) is 64.1 Å². The van der Waals surface area contributed by atoms with Gasteiger partial charge in [-0.1, -0.05) is 0 Å². The van der Waals surface area contributed by atoms with Crippen LogP contribution in [0.15, 0.2) is 6.20 Å². The number of halogens is 2. The van der Waals surface area contributed by atoms with Gasteiger partial charge in [0.15, 0.2) is 11.6 Å². The fourth-order valence-electron chi connectivity index (χ4n) is 0.837. The average Bonchev–Trinajstić information content (AvgIpc) is 2.20. The molecule has 1 aromatic rings. The van der Waals surface area contributed by atoms with E-state index in [1.54, 1.807) is 6.92 Å². The SMILES string of the molecule is CCOC(=O)CNc1nc(Cl)ncc1F. The molecule has 7 heteroatoms.